The molecule has 3 nitrogen and oxygen atoms in total. The first-order valence-corrected chi connectivity index (χ1v) is 11.3. The van der Waals surface area contributed by atoms with Crippen molar-refractivity contribution in [2.45, 2.75) is 0 Å². The van der Waals surface area contributed by atoms with Crippen LogP contribution in [0.2, 0.25) is 0 Å². The summed E-state index contributed by atoms with van der Waals surface area (Å²) in [5.41, 5.74) is 6.78. The second-order valence-electron chi connectivity index (χ2n) is 7.85. The highest BCUT2D eigenvalue weighted by atomic mass is 16.5. The summed E-state index contributed by atoms with van der Waals surface area (Å²) < 4.78 is 17.7. The zero-order valence-corrected chi connectivity index (χ0v) is 18.4. The van der Waals surface area contributed by atoms with Crippen molar-refractivity contribution in [1.82, 2.24) is 0 Å². The number of rotatable bonds is 2. The average Bonchev–Trinajstić information content (AvgIpc) is 2.88. The molecule has 0 fully saturated rings. The fourth-order valence-electron chi connectivity index (χ4n) is 4.14. The van der Waals surface area contributed by atoms with E-state index in [-0.39, 0.29) is 0 Å². The van der Waals surface area contributed by atoms with Crippen LogP contribution in [0.3, 0.4) is 0 Å². The Hall–Kier alpha value is -3.82. The van der Waals surface area contributed by atoms with E-state index in [2.05, 4.69) is 84.9 Å². The maximum absolute atomic E-state index is 6.01. The first kappa shape index (κ1) is 21.0. The minimum absolute atomic E-state index is 0.493. The normalized spacial score (nSPS) is 16.6. The zero-order valence-electron chi connectivity index (χ0n) is 18.4. The van der Waals surface area contributed by atoms with Gasteiger partial charge >= 0.3 is 0 Å². The van der Waals surface area contributed by atoms with Crippen molar-refractivity contribution >= 4 is 11.1 Å². The molecule has 1 heterocycles. The highest BCUT2D eigenvalue weighted by Crippen LogP contribution is 2.38. The number of fused-ring (bicyclic) bond motifs is 4. The minimum atomic E-state index is 0.493. The molecule has 0 N–H and O–H groups in total. The summed E-state index contributed by atoms with van der Waals surface area (Å²) in [6, 6.07) is 37.7. The molecule has 4 bridgehead atoms. The Morgan fingerprint density at radius 3 is 1.27 bits per heavy atom. The largest absolute Gasteiger partial charge is 0.491 e. The van der Waals surface area contributed by atoms with Gasteiger partial charge in [-0.05, 0) is 57.7 Å². The van der Waals surface area contributed by atoms with Crippen LogP contribution in [0.1, 0.15) is 22.3 Å². The first-order chi connectivity index (χ1) is 16.4. The van der Waals surface area contributed by atoms with E-state index < -0.39 is 0 Å². The van der Waals surface area contributed by atoms with Crippen molar-refractivity contribution in [2.24, 2.45) is 0 Å². The van der Waals surface area contributed by atoms with Crippen LogP contribution in [0.15, 0.2) is 109 Å². The topological polar surface area (TPSA) is 27.7 Å². The maximum atomic E-state index is 6.01. The van der Waals surface area contributed by atoms with Gasteiger partial charge in [0, 0.05) is 0 Å². The third-order valence-corrected chi connectivity index (χ3v) is 5.61. The molecule has 0 amide bonds. The monoisotopic (exact) mass is 434 g/mol. The molecule has 0 aliphatic carbocycles. The standard InChI is InChI=1S/C30H26O3/c1-3-9-23(10-4-1)29-25-13-7-15-27(21-25)32-19-17-31-18-20-33-28-16-8-14-26(22-28)30(29)24-11-5-2-6-12-24/h1-16,21-22H,17-20H2/b30-29-. The van der Waals surface area contributed by atoms with E-state index in [4.69, 9.17) is 14.2 Å². The first-order valence-electron chi connectivity index (χ1n) is 11.3. The molecular formula is C30H26O3. The van der Waals surface area contributed by atoms with Crippen LogP contribution in [0, 0.1) is 0 Å². The predicted octanol–water partition coefficient (Wildman–Crippen LogP) is 6.48. The molecule has 0 radical (unpaired) electrons. The summed E-state index contributed by atoms with van der Waals surface area (Å²) in [6.07, 6.45) is 0. The van der Waals surface area contributed by atoms with E-state index in [1.165, 1.54) is 0 Å². The molecule has 0 aromatic heterocycles. The lowest BCUT2D eigenvalue weighted by atomic mass is 9.85. The van der Waals surface area contributed by atoms with Gasteiger partial charge in [-0.3, -0.25) is 0 Å². The Kier molecular flexibility index (Phi) is 6.51. The Morgan fingerprint density at radius 1 is 0.394 bits per heavy atom. The van der Waals surface area contributed by atoms with E-state index in [1.807, 2.05) is 24.3 Å². The Morgan fingerprint density at radius 2 is 0.818 bits per heavy atom. The molecule has 0 saturated heterocycles. The summed E-state index contributed by atoms with van der Waals surface area (Å²) in [4.78, 5) is 0. The molecule has 33 heavy (non-hydrogen) atoms. The second kappa shape index (κ2) is 10.2. The van der Waals surface area contributed by atoms with E-state index in [0.717, 1.165) is 44.9 Å². The van der Waals surface area contributed by atoms with Gasteiger partial charge in [0.15, 0.2) is 0 Å². The van der Waals surface area contributed by atoms with Gasteiger partial charge in [-0.1, -0.05) is 84.9 Å². The Balaban J connectivity index is 1.81. The molecule has 0 saturated carbocycles. The molecule has 4 aromatic rings. The fraction of sp³-hybridized carbons (Fsp3) is 0.133. The summed E-state index contributed by atoms with van der Waals surface area (Å²) >= 11 is 0. The highest BCUT2D eigenvalue weighted by Gasteiger charge is 2.17. The van der Waals surface area contributed by atoms with Crippen LogP contribution < -0.4 is 9.47 Å². The molecule has 164 valence electrons. The van der Waals surface area contributed by atoms with Crippen LogP contribution in [-0.2, 0) is 4.74 Å². The lowest BCUT2D eigenvalue weighted by Crippen LogP contribution is -2.12. The van der Waals surface area contributed by atoms with Gasteiger partial charge in [-0.15, -0.1) is 0 Å². The van der Waals surface area contributed by atoms with Crippen molar-refractivity contribution in [3.8, 4) is 11.5 Å². The van der Waals surface area contributed by atoms with Gasteiger partial charge in [0.2, 0.25) is 0 Å². The predicted molar refractivity (Wildman–Crippen MR) is 133 cm³/mol. The lowest BCUT2D eigenvalue weighted by Gasteiger charge is -2.19. The van der Waals surface area contributed by atoms with Gasteiger partial charge in [-0.2, -0.15) is 0 Å². The van der Waals surface area contributed by atoms with Gasteiger partial charge in [0.25, 0.3) is 0 Å². The molecule has 1 aliphatic heterocycles. The number of hydrogen-bond acceptors (Lipinski definition) is 3. The summed E-state index contributed by atoms with van der Waals surface area (Å²) in [5, 5.41) is 0. The Bertz CT molecular complexity index is 1130. The molecule has 0 unspecified atom stereocenters. The Labute approximate surface area is 194 Å². The van der Waals surface area contributed by atoms with E-state index >= 15 is 0 Å². The number of ether oxygens (including phenoxy) is 3. The molecule has 3 heteroatoms. The van der Waals surface area contributed by atoms with Crippen LogP contribution in [-0.4, -0.2) is 26.4 Å². The van der Waals surface area contributed by atoms with Gasteiger partial charge in [0.1, 0.15) is 24.7 Å². The van der Waals surface area contributed by atoms with Crippen molar-refractivity contribution in [3.63, 3.8) is 0 Å². The molecule has 4 aromatic carbocycles. The second-order valence-corrected chi connectivity index (χ2v) is 7.85. The smallest absolute Gasteiger partial charge is 0.120 e. The van der Waals surface area contributed by atoms with Gasteiger partial charge in [0.05, 0.1) is 13.2 Å². The zero-order chi connectivity index (χ0) is 22.3. The summed E-state index contributed by atoms with van der Waals surface area (Å²) in [6.45, 7) is 2.02. The highest BCUT2D eigenvalue weighted by molar-refractivity contribution is 6.04. The van der Waals surface area contributed by atoms with Crippen LogP contribution in [0.4, 0.5) is 0 Å². The molecule has 0 spiro atoms. The third kappa shape index (κ3) is 5.00. The maximum Gasteiger partial charge on any atom is 0.120 e. The lowest BCUT2D eigenvalue weighted by molar-refractivity contribution is 0.0764. The van der Waals surface area contributed by atoms with E-state index in [9.17, 15) is 0 Å². The van der Waals surface area contributed by atoms with Crippen molar-refractivity contribution in [2.75, 3.05) is 26.4 Å². The van der Waals surface area contributed by atoms with Crippen molar-refractivity contribution in [3.05, 3.63) is 131 Å². The van der Waals surface area contributed by atoms with Crippen LogP contribution >= 0.6 is 0 Å². The summed E-state index contributed by atoms with van der Waals surface area (Å²) in [5.74, 6) is 1.66. The van der Waals surface area contributed by atoms with Crippen molar-refractivity contribution < 1.29 is 14.2 Å². The van der Waals surface area contributed by atoms with Crippen molar-refractivity contribution in [1.29, 1.82) is 0 Å². The molecular weight excluding hydrogens is 408 g/mol. The average molecular weight is 435 g/mol. The number of benzene rings is 4. The SMILES string of the molecule is c1ccc(/C2=C(\c3ccccc3)c3cccc(c3)OCCOCCOc3cccc2c3)cc1. The minimum Gasteiger partial charge on any atom is -0.491 e. The quantitative estimate of drug-likeness (QED) is 0.361. The molecule has 0 atom stereocenters. The van der Waals surface area contributed by atoms with Crippen LogP contribution in [0.5, 0.6) is 11.5 Å². The molecule has 5 rings (SSSR count). The van der Waals surface area contributed by atoms with Gasteiger partial charge < -0.3 is 14.2 Å². The molecule has 1 aliphatic rings. The van der Waals surface area contributed by atoms with E-state index in [0.29, 0.717) is 26.4 Å². The van der Waals surface area contributed by atoms with Crippen LogP contribution in [0.25, 0.3) is 11.1 Å². The third-order valence-electron chi connectivity index (χ3n) is 5.61. The number of hydrogen-bond donors (Lipinski definition) is 0. The summed E-state index contributed by atoms with van der Waals surface area (Å²) in [7, 11) is 0. The van der Waals surface area contributed by atoms with E-state index in [1.54, 1.807) is 0 Å². The van der Waals surface area contributed by atoms with Gasteiger partial charge in [-0.25, -0.2) is 0 Å². The fourth-order valence-corrected chi connectivity index (χ4v) is 4.14.